The number of carbonyl (C=O) groups excluding carboxylic acids is 1. The summed E-state index contributed by atoms with van der Waals surface area (Å²) >= 11 is 1.59. The Morgan fingerprint density at radius 1 is 1.45 bits per heavy atom. The van der Waals surface area contributed by atoms with Crippen LogP contribution in [0.3, 0.4) is 0 Å². The smallest absolute Gasteiger partial charge is 0.229 e. The summed E-state index contributed by atoms with van der Waals surface area (Å²) in [6.45, 7) is 0.727. The Bertz CT molecular complexity index is 801. The lowest BCUT2D eigenvalue weighted by molar-refractivity contribution is -0.120. The topological polar surface area (TPSA) is 79.4 Å². The van der Waals surface area contributed by atoms with E-state index in [0.717, 1.165) is 10.1 Å². The zero-order chi connectivity index (χ0) is 15.7. The predicted octanol–water partition coefficient (Wildman–Crippen LogP) is 1.91. The average Bonchev–Trinajstić information content (AvgIpc) is 2.96. The molecule has 1 aliphatic heterocycles. The lowest BCUT2D eigenvalue weighted by atomic mass is 9.99. The molecule has 0 radical (unpaired) electrons. The zero-order valence-corrected chi connectivity index (χ0v) is 13.8. The van der Waals surface area contributed by atoms with Crippen molar-refractivity contribution in [2.24, 2.45) is 5.92 Å². The number of piperidine rings is 1. The maximum absolute atomic E-state index is 12.4. The molecule has 1 unspecified atom stereocenters. The summed E-state index contributed by atoms with van der Waals surface area (Å²) in [4.78, 5) is 16.7. The van der Waals surface area contributed by atoms with Crippen LogP contribution >= 0.6 is 11.3 Å². The van der Waals surface area contributed by atoms with Crippen LogP contribution in [-0.4, -0.2) is 43.0 Å². The Balaban J connectivity index is 1.76. The first-order chi connectivity index (χ1) is 10.4. The first-order valence-electron chi connectivity index (χ1n) is 7.03. The molecule has 22 heavy (non-hydrogen) atoms. The van der Waals surface area contributed by atoms with Crippen LogP contribution < -0.4 is 5.32 Å². The van der Waals surface area contributed by atoms with Crippen LogP contribution in [0.2, 0.25) is 0 Å². The molecule has 3 heterocycles. The van der Waals surface area contributed by atoms with Crippen molar-refractivity contribution in [3.63, 3.8) is 0 Å². The molecule has 6 nitrogen and oxygen atoms in total. The summed E-state index contributed by atoms with van der Waals surface area (Å²) in [5, 5.41) is 5.71. The van der Waals surface area contributed by atoms with Crippen molar-refractivity contribution in [1.29, 1.82) is 0 Å². The minimum absolute atomic E-state index is 0.167. The molecular formula is C14H17N3O3S2. The number of nitrogens with one attached hydrogen (secondary N) is 1. The number of hydrogen-bond acceptors (Lipinski definition) is 5. The van der Waals surface area contributed by atoms with Crippen LogP contribution in [0.4, 0.5) is 5.82 Å². The highest BCUT2D eigenvalue weighted by Crippen LogP contribution is 2.27. The fourth-order valence-electron chi connectivity index (χ4n) is 2.67. The quantitative estimate of drug-likeness (QED) is 0.926. The van der Waals surface area contributed by atoms with Gasteiger partial charge in [-0.2, -0.15) is 0 Å². The first kappa shape index (κ1) is 15.4. The van der Waals surface area contributed by atoms with E-state index in [4.69, 9.17) is 0 Å². The molecule has 2 aromatic heterocycles. The summed E-state index contributed by atoms with van der Waals surface area (Å²) in [5.41, 5.74) is 0. The molecule has 8 heteroatoms. The van der Waals surface area contributed by atoms with E-state index in [9.17, 15) is 13.2 Å². The van der Waals surface area contributed by atoms with E-state index in [0.29, 0.717) is 25.2 Å². The predicted molar refractivity (Wildman–Crippen MR) is 87.4 cm³/mol. The molecule has 2 aromatic rings. The molecule has 0 aliphatic carbocycles. The van der Waals surface area contributed by atoms with Crippen LogP contribution in [-0.2, 0) is 14.8 Å². The van der Waals surface area contributed by atoms with Gasteiger partial charge in [0.25, 0.3) is 0 Å². The molecule has 118 valence electrons. The number of anilines is 1. The van der Waals surface area contributed by atoms with Crippen LogP contribution in [0.5, 0.6) is 0 Å². The Morgan fingerprint density at radius 2 is 2.27 bits per heavy atom. The highest BCUT2D eigenvalue weighted by atomic mass is 32.2. The molecule has 1 fully saturated rings. The Hall–Kier alpha value is -1.51. The van der Waals surface area contributed by atoms with Crippen molar-refractivity contribution in [3.05, 3.63) is 23.7 Å². The molecule has 0 saturated carbocycles. The Labute approximate surface area is 133 Å². The molecule has 1 N–H and O–H groups in total. The number of rotatable bonds is 3. The van der Waals surface area contributed by atoms with Gasteiger partial charge in [0.05, 0.1) is 12.2 Å². The molecule has 1 aliphatic rings. The lowest BCUT2D eigenvalue weighted by Gasteiger charge is -2.30. The fourth-order valence-corrected chi connectivity index (χ4v) is 4.36. The van der Waals surface area contributed by atoms with Crippen molar-refractivity contribution in [1.82, 2.24) is 9.29 Å². The number of aromatic nitrogens is 1. The van der Waals surface area contributed by atoms with Crippen molar-refractivity contribution in [2.45, 2.75) is 12.8 Å². The minimum Gasteiger partial charge on any atom is -0.310 e. The van der Waals surface area contributed by atoms with E-state index in [1.807, 2.05) is 17.5 Å². The third-order valence-electron chi connectivity index (χ3n) is 3.85. The second-order valence-corrected chi connectivity index (χ2v) is 8.37. The number of nitrogens with zero attached hydrogens (tertiary/aromatic N) is 2. The molecule has 1 atom stereocenters. The van der Waals surface area contributed by atoms with Gasteiger partial charge in [0.2, 0.25) is 15.9 Å². The van der Waals surface area contributed by atoms with Gasteiger partial charge in [-0.05, 0) is 30.4 Å². The van der Waals surface area contributed by atoms with E-state index in [1.165, 1.54) is 10.6 Å². The van der Waals surface area contributed by atoms with Gasteiger partial charge in [0.1, 0.15) is 5.82 Å². The highest BCUT2D eigenvalue weighted by molar-refractivity contribution is 7.88. The van der Waals surface area contributed by atoms with Gasteiger partial charge in [0.15, 0.2) is 0 Å². The van der Waals surface area contributed by atoms with Crippen molar-refractivity contribution in [3.8, 4) is 0 Å². The van der Waals surface area contributed by atoms with Crippen LogP contribution in [0.15, 0.2) is 23.7 Å². The second kappa shape index (κ2) is 5.94. The number of sulfonamides is 1. The largest absolute Gasteiger partial charge is 0.310 e. The molecule has 1 amide bonds. The summed E-state index contributed by atoms with van der Waals surface area (Å²) in [7, 11) is -3.25. The number of carbonyl (C=O) groups is 1. The zero-order valence-electron chi connectivity index (χ0n) is 12.2. The summed E-state index contributed by atoms with van der Waals surface area (Å²) in [6.07, 6.45) is 4.23. The molecular weight excluding hydrogens is 322 g/mol. The van der Waals surface area contributed by atoms with Crippen molar-refractivity contribution >= 4 is 43.2 Å². The first-order valence-corrected chi connectivity index (χ1v) is 9.76. The third-order valence-corrected chi connectivity index (χ3v) is 6.00. The highest BCUT2D eigenvalue weighted by Gasteiger charge is 2.30. The van der Waals surface area contributed by atoms with Gasteiger partial charge >= 0.3 is 0 Å². The van der Waals surface area contributed by atoms with E-state index in [1.54, 1.807) is 17.5 Å². The number of amides is 1. The fraction of sp³-hybridized carbons (Fsp3) is 0.429. The van der Waals surface area contributed by atoms with Crippen LogP contribution in [0, 0.1) is 5.92 Å². The van der Waals surface area contributed by atoms with E-state index in [2.05, 4.69) is 10.3 Å². The number of fused-ring (bicyclic) bond motifs is 1. The number of thiophene rings is 1. The normalized spacial score (nSPS) is 20.1. The summed E-state index contributed by atoms with van der Waals surface area (Å²) in [5.74, 6) is 0.0407. The number of pyridine rings is 1. The van der Waals surface area contributed by atoms with E-state index >= 15 is 0 Å². The van der Waals surface area contributed by atoms with Crippen molar-refractivity contribution < 1.29 is 13.2 Å². The molecule has 0 spiro atoms. The standard InChI is InChI=1S/C14H17N3O3S2/c1-22(19,20)17-7-2-3-10(9-17)14(18)16-13-11-5-8-21-12(11)4-6-15-13/h4-6,8,10H,2-3,7,9H2,1H3,(H,15,16,18). The van der Waals surface area contributed by atoms with Gasteiger partial charge in [-0.15, -0.1) is 11.3 Å². The second-order valence-electron chi connectivity index (χ2n) is 5.44. The van der Waals surface area contributed by atoms with Gasteiger partial charge < -0.3 is 5.32 Å². The van der Waals surface area contributed by atoms with Gasteiger partial charge in [-0.1, -0.05) is 0 Å². The van der Waals surface area contributed by atoms with Crippen LogP contribution in [0.1, 0.15) is 12.8 Å². The molecule has 0 bridgehead atoms. The van der Waals surface area contributed by atoms with Gasteiger partial charge in [-0.3, -0.25) is 4.79 Å². The van der Waals surface area contributed by atoms with Gasteiger partial charge in [-0.25, -0.2) is 17.7 Å². The molecule has 1 saturated heterocycles. The average molecular weight is 339 g/mol. The monoisotopic (exact) mass is 339 g/mol. The SMILES string of the molecule is CS(=O)(=O)N1CCCC(C(=O)Nc2nccc3sccc23)C1. The Morgan fingerprint density at radius 3 is 3.05 bits per heavy atom. The van der Waals surface area contributed by atoms with Gasteiger partial charge in [0, 0.05) is 29.4 Å². The molecule has 3 rings (SSSR count). The molecule has 0 aromatic carbocycles. The van der Waals surface area contributed by atoms with Crippen molar-refractivity contribution in [2.75, 3.05) is 24.7 Å². The lowest BCUT2D eigenvalue weighted by Crippen LogP contribution is -2.43. The van der Waals surface area contributed by atoms with Crippen LogP contribution in [0.25, 0.3) is 10.1 Å². The van der Waals surface area contributed by atoms with E-state index in [-0.39, 0.29) is 18.4 Å². The summed E-state index contributed by atoms with van der Waals surface area (Å²) in [6, 6.07) is 3.83. The minimum atomic E-state index is -3.25. The maximum Gasteiger partial charge on any atom is 0.229 e. The Kier molecular flexibility index (Phi) is 4.16. The summed E-state index contributed by atoms with van der Waals surface area (Å²) < 4.78 is 25.7. The maximum atomic E-state index is 12.4. The third kappa shape index (κ3) is 3.13. The van der Waals surface area contributed by atoms with E-state index < -0.39 is 10.0 Å². The number of hydrogen-bond donors (Lipinski definition) is 1.